The summed E-state index contributed by atoms with van der Waals surface area (Å²) in [6.07, 6.45) is 2.61. The fourth-order valence-electron chi connectivity index (χ4n) is 1.57. The highest BCUT2D eigenvalue weighted by molar-refractivity contribution is 7.99. The standard InChI is InChI=1S/C9H15N7O2S2/c1-15-8(7-10-13-15)20(17,18)6-4-3-5-19-9-11-12-14-16(9)2/h7H,3-6H2,1-2H3. The number of rotatable bonds is 7. The number of aryl methyl sites for hydroxylation is 2. The molecule has 20 heavy (non-hydrogen) atoms. The van der Waals surface area contributed by atoms with Crippen LogP contribution in [-0.4, -0.2) is 55.1 Å². The molecule has 9 nitrogen and oxygen atoms in total. The maximum atomic E-state index is 12.0. The summed E-state index contributed by atoms with van der Waals surface area (Å²) in [5, 5.41) is 19.2. The Kier molecular flexibility index (Phi) is 4.70. The van der Waals surface area contributed by atoms with E-state index in [4.69, 9.17) is 0 Å². The number of unbranched alkanes of at least 4 members (excludes halogenated alkanes) is 1. The fraction of sp³-hybridized carbons (Fsp3) is 0.667. The van der Waals surface area contributed by atoms with Crippen LogP contribution < -0.4 is 0 Å². The lowest BCUT2D eigenvalue weighted by Gasteiger charge is -2.03. The normalized spacial score (nSPS) is 11.9. The molecule has 2 rings (SSSR count). The molecule has 2 heterocycles. The summed E-state index contributed by atoms with van der Waals surface area (Å²) in [4.78, 5) is 0. The number of aromatic nitrogens is 7. The lowest BCUT2D eigenvalue weighted by molar-refractivity contribution is 0.571. The fourth-order valence-corrected chi connectivity index (χ4v) is 3.86. The molecule has 0 amide bonds. The largest absolute Gasteiger partial charge is 0.237 e. The number of tetrazole rings is 1. The topological polar surface area (TPSA) is 108 Å². The molecule has 11 heteroatoms. The number of thioether (sulfide) groups is 1. The van der Waals surface area contributed by atoms with Crippen LogP contribution in [0.2, 0.25) is 0 Å². The van der Waals surface area contributed by atoms with Gasteiger partial charge in [0.1, 0.15) is 0 Å². The summed E-state index contributed by atoms with van der Waals surface area (Å²) >= 11 is 1.51. The zero-order chi connectivity index (χ0) is 14.6. The maximum Gasteiger partial charge on any atom is 0.209 e. The summed E-state index contributed by atoms with van der Waals surface area (Å²) in [6, 6.07) is 0. The average molecular weight is 317 g/mol. The second kappa shape index (κ2) is 6.31. The molecule has 0 aliphatic heterocycles. The third kappa shape index (κ3) is 3.54. The van der Waals surface area contributed by atoms with Crippen LogP contribution in [0.5, 0.6) is 0 Å². The van der Waals surface area contributed by atoms with Gasteiger partial charge in [-0.05, 0) is 23.3 Å². The van der Waals surface area contributed by atoms with Crippen LogP contribution in [0.25, 0.3) is 0 Å². The Morgan fingerprint density at radius 2 is 2.00 bits per heavy atom. The average Bonchev–Trinajstić information content (AvgIpc) is 2.98. The molecular weight excluding hydrogens is 302 g/mol. The molecule has 0 aliphatic carbocycles. The minimum atomic E-state index is -3.31. The first-order valence-electron chi connectivity index (χ1n) is 5.93. The van der Waals surface area contributed by atoms with Gasteiger partial charge in [-0.3, -0.25) is 0 Å². The maximum absolute atomic E-state index is 12.0. The van der Waals surface area contributed by atoms with E-state index in [9.17, 15) is 8.42 Å². The van der Waals surface area contributed by atoms with Gasteiger partial charge in [0.25, 0.3) is 0 Å². The van der Waals surface area contributed by atoms with Gasteiger partial charge in [-0.25, -0.2) is 17.8 Å². The van der Waals surface area contributed by atoms with Crippen molar-refractivity contribution in [3.05, 3.63) is 6.20 Å². The second-order valence-corrected chi connectivity index (χ2v) is 7.27. The second-order valence-electron chi connectivity index (χ2n) is 4.16. The Morgan fingerprint density at radius 1 is 1.20 bits per heavy atom. The van der Waals surface area contributed by atoms with E-state index in [1.807, 2.05) is 0 Å². The van der Waals surface area contributed by atoms with Gasteiger partial charge < -0.3 is 0 Å². The monoisotopic (exact) mass is 317 g/mol. The van der Waals surface area contributed by atoms with Crippen molar-refractivity contribution in [3.63, 3.8) is 0 Å². The molecule has 2 aromatic rings. The van der Waals surface area contributed by atoms with Gasteiger partial charge in [-0.1, -0.05) is 17.0 Å². The highest BCUT2D eigenvalue weighted by Gasteiger charge is 2.18. The summed E-state index contributed by atoms with van der Waals surface area (Å²) in [5.74, 6) is 0.860. The molecule has 0 saturated carbocycles. The molecule has 0 aliphatic rings. The third-order valence-electron chi connectivity index (χ3n) is 2.61. The highest BCUT2D eigenvalue weighted by atomic mass is 32.2. The molecule has 0 N–H and O–H groups in total. The van der Waals surface area contributed by atoms with E-state index in [0.717, 1.165) is 17.3 Å². The molecular formula is C9H15N7O2S2. The Morgan fingerprint density at radius 3 is 2.60 bits per heavy atom. The minimum absolute atomic E-state index is 0.0891. The molecule has 110 valence electrons. The third-order valence-corrected chi connectivity index (χ3v) is 5.54. The lowest BCUT2D eigenvalue weighted by atomic mass is 10.4. The SMILES string of the molecule is Cn1nncc1S(=O)(=O)CCCCSc1nnnn1C. The smallest absolute Gasteiger partial charge is 0.209 e. The van der Waals surface area contributed by atoms with Crippen LogP contribution in [0.1, 0.15) is 12.8 Å². The van der Waals surface area contributed by atoms with Crippen molar-refractivity contribution in [1.29, 1.82) is 0 Å². The van der Waals surface area contributed by atoms with Crippen molar-refractivity contribution in [2.24, 2.45) is 14.1 Å². The quantitative estimate of drug-likeness (QED) is 0.505. The lowest BCUT2D eigenvalue weighted by Crippen LogP contribution is -2.12. The molecule has 2 aromatic heterocycles. The summed E-state index contributed by atoms with van der Waals surface area (Å²) in [5.41, 5.74) is 0. The van der Waals surface area contributed by atoms with Crippen LogP contribution in [-0.2, 0) is 23.9 Å². The first-order valence-corrected chi connectivity index (χ1v) is 8.57. The number of hydrogen-bond acceptors (Lipinski definition) is 8. The zero-order valence-corrected chi connectivity index (χ0v) is 12.8. The van der Waals surface area contributed by atoms with Crippen molar-refractivity contribution in [2.75, 3.05) is 11.5 Å². The molecule has 0 saturated heterocycles. The van der Waals surface area contributed by atoms with E-state index in [-0.39, 0.29) is 10.8 Å². The Labute approximate surface area is 120 Å². The van der Waals surface area contributed by atoms with Gasteiger partial charge >= 0.3 is 0 Å². The van der Waals surface area contributed by atoms with Gasteiger partial charge in [0.2, 0.25) is 5.16 Å². The predicted molar refractivity (Wildman–Crippen MR) is 71.8 cm³/mol. The van der Waals surface area contributed by atoms with E-state index in [1.54, 1.807) is 18.8 Å². The first-order chi connectivity index (χ1) is 9.50. The molecule has 0 radical (unpaired) electrons. The number of hydrogen-bond donors (Lipinski definition) is 0. The van der Waals surface area contributed by atoms with Crippen LogP contribution in [0.3, 0.4) is 0 Å². The Hall–Kier alpha value is -1.49. The molecule has 0 fully saturated rings. The van der Waals surface area contributed by atoms with Crippen molar-refractivity contribution < 1.29 is 8.42 Å². The van der Waals surface area contributed by atoms with Crippen molar-refractivity contribution >= 4 is 21.6 Å². The highest BCUT2D eigenvalue weighted by Crippen LogP contribution is 2.16. The summed E-state index contributed by atoms with van der Waals surface area (Å²) in [6.45, 7) is 0. The van der Waals surface area contributed by atoms with Gasteiger partial charge in [0, 0.05) is 19.8 Å². The van der Waals surface area contributed by atoms with Crippen molar-refractivity contribution in [1.82, 2.24) is 35.2 Å². The van der Waals surface area contributed by atoms with Crippen LogP contribution in [0, 0.1) is 0 Å². The Bertz CT molecular complexity index is 663. The summed E-state index contributed by atoms with van der Waals surface area (Å²) in [7, 11) is 0.0255. The number of sulfone groups is 1. The number of nitrogens with zero attached hydrogens (tertiary/aromatic N) is 7. The zero-order valence-electron chi connectivity index (χ0n) is 11.2. The molecule has 0 atom stereocenters. The van der Waals surface area contributed by atoms with Crippen LogP contribution in [0.4, 0.5) is 0 Å². The summed E-state index contributed by atoms with van der Waals surface area (Å²) < 4.78 is 26.9. The van der Waals surface area contributed by atoms with Crippen LogP contribution >= 0.6 is 11.8 Å². The van der Waals surface area contributed by atoms with Gasteiger partial charge in [0.15, 0.2) is 14.9 Å². The minimum Gasteiger partial charge on any atom is -0.237 e. The van der Waals surface area contributed by atoms with Crippen LogP contribution in [0.15, 0.2) is 16.4 Å². The van der Waals surface area contributed by atoms with E-state index < -0.39 is 9.84 Å². The van der Waals surface area contributed by atoms with Gasteiger partial charge in [0.05, 0.1) is 11.9 Å². The molecule has 0 spiro atoms. The van der Waals surface area contributed by atoms with Gasteiger partial charge in [-0.15, -0.1) is 10.2 Å². The van der Waals surface area contributed by atoms with E-state index in [2.05, 4.69) is 25.8 Å². The molecule has 0 unspecified atom stereocenters. The van der Waals surface area contributed by atoms with Gasteiger partial charge in [-0.2, -0.15) is 0 Å². The van der Waals surface area contributed by atoms with Crippen molar-refractivity contribution in [2.45, 2.75) is 23.0 Å². The Balaban J connectivity index is 1.76. The van der Waals surface area contributed by atoms with E-state index in [0.29, 0.717) is 6.42 Å². The van der Waals surface area contributed by atoms with Crippen molar-refractivity contribution in [3.8, 4) is 0 Å². The first kappa shape index (κ1) is 14.9. The predicted octanol–water partition coefficient (Wildman–Crippen LogP) is -0.315. The molecule has 0 bridgehead atoms. The molecule has 0 aromatic carbocycles. The van der Waals surface area contributed by atoms with E-state index >= 15 is 0 Å². The van der Waals surface area contributed by atoms with E-state index in [1.165, 1.54) is 22.6 Å².